The predicted molar refractivity (Wildman–Crippen MR) is 69.3 cm³/mol. The van der Waals surface area contributed by atoms with E-state index in [1.54, 1.807) is 0 Å². The topological polar surface area (TPSA) is 29.5 Å². The number of halogens is 2. The largest absolute Gasteiger partial charge is 0.490 e. The summed E-state index contributed by atoms with van der Waals surface area (Å²) in [5, 5.41) is 9.86. The van der Waals surface area contributed by atoms with E-state index >= 15 is 0 Å². The number of rotatable bonds is 4. The van der Waals surface area contributed by atoms with Crippen LogP contribution in [-0.4, -0.2) is 18.3 Å². The Labute approximate surface area is 112 Å². The van der Waals surface area contributed by atoms with Gasteiger partial charge in [-0.05, 0) is 18.6 Å². The molecule has 106 valence electrons. The lowest BCUT2D eigenvalue weighted by Gasteiger charge is -2.43. The van der Waals surface area contributed by atoms with E-state index < -0.39 is 17.0 Å². The Kier molecular flexibility index (Phi) is 4.09. The Bertz CT molecular complexity index is 462. The number of hydrogen-bond donors (Lipinski definition) is 1. The molecule has 0 amide bonds. The summed E-state index contributed by atoms with van der Waals surface area (Å²) in [6.45, 7) is 4.07. The van der Waals surface area contributed by atoms with Crippen LogP contribution >= 0.6 is 0 Å². The van der Waals surface area contributed by atoms with E-state index in [-0.39, 0.29) is 23.8 Å². The molecule has 0 saturated carbocycles. The summed E-state index contributed by atoms with van der Waals surface area (Å²) in [6.07, 6.45) is 2.44. The molecule has 4 heteroatoms. The summed E-state index contributed by atoms with van der Waals surface area (Å²) < 4.78 is 33.3. The number of aliphatic hydroxyl groups is 1. The van der Waals surface area contributed by atoms with Crippen molar-refractivity contribution in [3.05, 3.63) is 29.3 Å². The third-order valence-corrected chi connectivity index (χ3v) is 4.24. The molecule has 0 aliphatic carbocycles. The molecule has 2 nitrogen and oxygen atoms in total. The fraction of sp³-hybridized carbons (Fsp3) is 0.600. The highest BCUT2D eigenvalue weighted by Gasteiger charge is 2.45. The van der Waals surface area contributed by atoms with Crippen LogP contribution in [0.1, 0.15) is 38.7 Å². The van der Waals surface area contributed by atoms with Crippen molar-refractivity contribution in [2.75, 3.05) is 13.2 Å². The molecular formula is C15H20F2O2. The molecule has 1 aromatic carbocycles. The normalized spacial score (nSPS) is 25.8. The Morgan fingerprint density at radius 3 is 2.68 bits per heavy atom. The van der Waals surface area contributed by atoms with Crippen molar-refractivity contribution in [3.8, 4) is 5.75 Å². The molecule has 2 rings (SSSR count). The fourth-order valence-electron chi connectivity index (χ4n) is 2.93. The maximum atomic E-state index is 14.2. The first-order chi connectivity index (χ1) is 9.06. The monoisotopic (exact) mass is 270 g/mol. The summed E-state index contributed by atoms with van der Waals surface area (Å²) in [6, 6.07) is 2.19. The quantitative estimate of drug-likeness (QED) is 0.908. The zero-order valence-corrected chi connectivity index (χ0v) is 11.4. The Balaban J connectivity index is 2.58. The summed E-state index contributed by atoms with van der Waals surface area (Å²) in [4.78, 5) is 0. The summed E-state index contributed by atoms with van der Waals surface area (Å²) in [5.74, 6) is -1.12. The van der Waals surface area contributed by atoms with Crippen LogP contribution in [0, 0.1) is 17.6 Å². The molecule has 0 fully saturated rings. The van der Waals surface area contributed by atoms with E-state index in [1.807, 2.05) is 13.8 Å². The number of fused-ring (bicyclic) bond motifs is 1. The van der Waals surface area contributed by atoms with Gasteiger partial charge in [-0.3, -0.25) is 0 Å². The number of ether oxygens (including phenoxy) is 1. The maximum Gasteiger partial charge on any atom is 0.165 e. The number of hydrogen-bond acceptors (Lipinski definition) is 2. The van der Waals surface area contributed by atoms with Crippen molar-refractivity contribution in [2.24, 2.45) is 5.92 Å². The van der Waals surface area contributed by atoms with Crippen LogP contribution < -0.4 is 4.74 Å². The van der Waals surface area contributed by atoms with Crippen molar-refractivity contribution in [3.63, 3.8) is 0 Å². The van der Waals surface area contributed by atoms with Crippen molar-refractivity contribution in [1.29, 1.82) is 0 Å². The van der Waals surface area contributed by atoms with E-state index in [4.69, 9.17) is 4.74 Å². The molecule has 2 atom stereocenters. The van der Waals surface area contributed by atoms with Gasteiger partial charge in [0, 0.05) is 16.9 Å². The van der Waals surface area contributed by atoms with Crippen molar-refractivity contribution >= 4 is 0 Å². The molecule has 0 spiro atoms. The lowest BCUT2D eigenvalue weighted by molar-refractivity contribution is 0.0662. The third kappa shape index (κ3) is 2.22. The van der Waals surface area contributed by atoms with Crippen LogP contribution in [0.2, 0.25) is 0 Å². The molecule has 19 heavy (non-hydrogen) atoms. The minimum atomic E-state index is -0.740. The van der Waals surface area contributed by atoms with Gasteiger partial charge < -0.3 is 9.84 Å². The molecule has 1 aliphatic heterocycles. The number of benzene rings is 1. The first-order valence-corrected chi connectivity index (χ1v) is 6.79. The second-order valence-corrected chi connectivity index (χ2v) is 5.36. The summed E-state index contributed by atoms with van der Waals surface area (Å²) in [7, 11) is 0. The van der Waals surface area contributed by atoms with Gasteiger partial charge >= 0.3 is 0 Å². The lowest BCUT2D eigenvalue weighted by Crippen LogP contribution is -2.45. The standard InChI is InChI=1S/C15H20F2O2/c1-3-4-7-15(9-18)10(2)8-19-14-12(17)6-5-11(16)13(14)15/h5-6,10,18H,3-4,7-9H2,1-2H3. The van der Waals surface area contributed by atoms with Crippen LogP contribution in [-0.2, 0) is 5.41 Å². The number of unbranched alkanes of at least 4 members (excludes halogenated alkanes) is 1. The van der Waals surface area contributed by atoms with Crippen molar-refractivity contribution < 1.29 is 18.6 Å². The second-order valence-electron chi connectivity index (χ2n) is 5.36. The van der Waals surface area contributed by atoms with Gasteiger partial charge in [0.1, 0.15) is 5.82 Å². The molecule has 1 N–H and O–H groups in total. The molecule has 0 aromatic heterocycles. The van der Waals surface area contributed by atoms with Crippen molar-refractivity contribution in [2.45, 2.75) is 38.5 Å². The van der Waals surface area contributed by atoms with E-state index in [9.17, 15) is 13.9 Å². The van der Waals surface area contributed by atoms with Crippen LogP contribution in [0.5, 0.6) is 5.75 Å². The number of aliphatic hydroxyl groups excluding tert-OH is 1. The highest BCUT2D eigenvalue weighted by atomic mass is 19.1. The molecule has 0 saturated heterocycles. The van der Waals surface area contributed by atoms with Gasteiger partial charge in [0.15, 0.2) is 11.6 Å². The first-order valence-electron chi connectivity index (χ1n) is 6.79. The van der Waals surface area contributed by atoms with Gasteiger partial charge in [-0.25, -0.2) is 8.78 Å². The third-order valence-electron chi connectivity index (χ3n) is 4.24. The Morgan fingerprint density at radius 2 is 2.05 bits per heavy atom. The highest BCUT2D eigenvalue weighted by molar-refractivity contribution is 5.44. The minimum Gasteiger partial charge on any atom is -0.490 e. The van der Waals surface area contributed by atoms with Gasteiger partial charge in [0.2, 0.25) is 0 Å². The second kappa shape index (κ2) is 5.45. The van der Waals surface area contributed by atoms with Crippen LogP contribution in [0.25, 0.3) is 0 Å². The van der Waals surface area contributed by atoms with E-state index in [0.717, 1.165) is 25.0 Å². The molecule has 1 aliphatic rings. The highest BCUT2D eigenvalue weighted by Crippen LogP contribution is 2.47. The molecule has 0 radical (unpaired) electrons. The predicted octanol–water partition coefficient (Wildman–Crippen LogP) is 3.41. The maximum absolute atomic E-state index is 14.2. The van der Waals surface area contributed by atoms with E-state index in [0.29, 0.717) is 13.0 Å². The minimum absolute atomic E-state index is 0.0248. The van der Waals surface area contributed by atoms with Gasteiger partial charge in [0.05, 0.1) is 13.2 Å². The SMILES string of the molecule is CCCCC1(CO)c2c(F)ccc(F)c2OCC1C. The van der Waals surface area contributed by atoms with Crippen LogP contribution in [0.4, 0.5) is 8.78 Å². The lowest BCUT2D eigenvalue weighted by atomic mass is 9.67. The van der Waals surface area contributed by atoms with Gasteiger partial charge in [-0.2, -0.15) is 0 Å². The van der Waals surface area contributed by atoms with Crippen LogP contribution in [0.15, 0.2) is 12.1 Å². The fourth-order valence-corrected chi connectivity index (χ4v) is 2.93. The summed E-state index contributed by atoms with van der Waals surface area (Å²) in [5.41, 5.74) is -0.530. The zero-order valence-electron chi connectivity index (χ0n) is 11.4. The average Bonchev–Trinajstić information content (AvgIpc) is 2.42. The van der Waals surface area contributed by atoms with Crippen molar-refractivity contribution in [1.82, 2.24) is 0 Å². The Hall–Kier alpha value is -1.16. The Morgan fingerprint density at radius 1 is 1.37 bits per heavy atom. The first kappa shape index (κ1) is 14.3. The van der Waals surface area contributed by atoms with Gasteiger partial charge in [-0.15, -0.1) is 0 Å². The van der Waals surface area contributed by atoms with Gasteiger partial charge in [0.25, 0.3) is 0 Å². The average molecular weight is 270 g/mol. The molecule has 0 bridgehead atoms. The molecule has 1 aromatic rings. The zero-order chi connectivity index (χ0) is 14.0. The smallest absolute Gasteiger partial charge is 0.165 e. The van der Waals surface area contributed by atoms with E-state index in [2.05, 4.69) is 0 Å². The molecule has 2 unspecified atom stereocenters. The molecular weight excluding hydrogens is 250 g/mol. The van der Waals surface area contributed by atoms with E-state index in [1.165, 1.54) is 0 Å². The molecule has 1 heterocycles. The summed E-state index contributed by atoms with van der Waals surface area (Å²) >= 11 is 0. The van der Waals surface area contributed by atoms with Crippen LogP contribution in [0.3, 0.4) is 0 Å². The van der Waals surface area contributed by atoms with Gasteiger partial charge in [-0.1, -0.05) is 26.7 Å².